The Kier molecular flexibility index (Phi) is 2.18. The molecule has 1 saturated carbocycles. The van der Waals surface area contributed by atoms with Crippen LogP contribution in [-0.4, -0.2) is 4.98 Å². The molecule has 3 aliphatic rings. The zero-order valence-corrected chi connectivity index (χ0v) is 11.5. The number of hydrogen-bond donors (Lipinski definition) is 0. The van der Waals surface area contributed by atoms with E-state index in [0.29, 0.717) is 5.41 Å². The molecule has 0 spiro atoms. The van der Waals surface area contributed by atoms with Crippen LogP contribution in [0.15, 0.2) is 36.4 Å². The van der Waals surface area contributed by atoms with Crippen molar-refractivity contribution in [2.45, 2.75) is 32.6 Å². The van der Waals surface area contributed by atoms with Crippen LogP contribution < -0.4 is 0 Å². The first kappa shape index (κ1) is 11.2. The zero-order valence-electron chi connectivity index (χ0n) is 11.5. The molecule has 1 aromatic heterocycles. The second-order valence-corrected chi connectivity index (χ2v) is 6.52. The second-order valence-electron chi connectivity index (χ2n) is 6.52. The molecule has 3 aliphatic carbocycles. The molecule has 19 heavy (non-hydrogen) atoms. The van der Waals surface area contributed by atoms with Crippen LogP contribution >= 0.6 is 0 Å². The van der Waals surface area contributed by atoms with Gasteiger partial charge in [-0.25, -0.2) is 0 Å². The molecule has 5 rings (SSSR count). The molecule has 0 N–H and O–H groups in total. The number of aromatic nitrogens is 1. The van der Waals surface area contributed by atoms with Crippen LogP contribution in [0.25, 0.3) is 11.3 Å². The number of pyridine rings is 1. The molecule has 0 saturated heterocycles. The standard InChI is InChI=1S/C18H18N/c1-18(2)13-10-15(18)14-8-9-16(19-17(14)11-13)12-6-4-3-5-7-12/h3-6,8-9,13,15H,10-11H2,1-2H3/q-1/t13-,15+/m1/s1. The van der Waals surface area contributed by atoms with E-state index in [9.17, 15) is 0 Å². The summed E-state index contributed by atoms with van der Waals surface area (Å²) in [5.41, 5.74) is 5.47. The molecule has 0 aliphatic heterocycles. The van der Waals surface area contributed by atoms with Crippen LogP contribution in [0.1, 0.15) is 37.4 Å². The summed E-state index contributed by atoms with van der Waals surface area (Å²) in [6.45, 7) is 4.82. The van der Waals surface area contributed by atoms with Gasteiger partial charge in [-0.15, -0.1) is 35.9 Å². The molecule has 1 aromatic carbocycles. The topological polar surface area (TPSA) is 12.9 Å². The molecule has 1 fully saturated rings. The largest absolute Gasteiger partial charge is 0.301 e. The van der Waals surface area contributed by atoms with Crippen LogP contribution in [0.4, 0.5) is 0 Å². The predicted molar refractivity (Wildman–Crippen MR) is 76.8 cm³/mol. The van der Waals surface area contributed by atoms with E-state index in [-0.39, 0.29) is 0 Å². The van der Waals surface area contributed by atoms with Gasteiger partial charge in [0.05, 0.1) is 0 Å². The second kappa shape index (κ2) is 3.69. The molecule has 96 valence electrons. The lowest BCUT2D eigenvalue weighted by atomic mass is 9.48. The summed E-state index contributed by atoms with van der Waals surface area (Å²) in [5.74, 6) is 1.55. The Bertz CT molecular complexity index is 627. The number of benzene rings is 1. The van der Waals surface area contributed by atoms with Crippen molar-refractivity contribution in [2.75, 3.05) is 0 Å². The number of rotatable bonds is 1. The van der Waals surface area contributed by atoms with Crippen LogP contribution in [0.2, 0.25) is 0 Å². The van der Waals surface area contributed by atoms with E-state index in [1.807, 2.05) is 18.2 Å². The van der Waals surface area contributed by atoms with Crippen molar-refractivity contribution in [1.29, 1.82) is 0 Å². The molecular weight excluding hydrogens is 230 g/mol. The molecule has 1 nitrogen and oxygen atoms in total. The highest BCUT2D eigenvalue weighted by atomic mass is 14.8. The molecule has 2 atom stereocenters. The molecule has 0 radical (unpaired) electrons. The first-order chi connectivity index (χ1) is 9.16. The van der Waals surface area contributed by atoms with Crippen molar-refractivity contribution in [3.8, 4) is 11.3 Å². The van der Waals surface area contributed by atoms with Crippen molar-refractivity contribution in [3.05, 3.63) is 53.7 Å². The van der Waals surface area contributed by atoms with Crippen molar-refractivity contribution in [2.24, 2.45) is 11.3 Å². The van der Waals surface area contributed by atoms with Crippen LogP contribution in [0.3, 0.4) is 0 Å². The lowest BCUT2D eigenvalue weighted by Gasteiger charge is -2.57. The highest BCUT2D eigenvalue weighted by Gasteiger charge is 2.52. The third kappa shape index (κ3) is 1.51. The van der Waals surface area contributed by atoms with Gasteiger partial charge >= 0.3 is 0 Å². The fourth-order valence-electron chi connectivity index (χ4n) is 3.82. The highest BCUT2D eigenvalue weighted by Crippen LogP contribution is 2.61. The maximum absolute atomic E-state index is 4.90. The molecule has 2 aromatic rings. The average Bonchev–Trinajstić information content (AvgIpc) is 2.46. The van der Waals surface area contributed by atoms with Gasteiger partial charge in [0, 0.05) is 5.69 Å². The van der Waals surface area contributed by atoms with E-state index in [2.05, 4.69) is 38.1 Å². The van der Waals surface area contributed by atoms with Gasteiger partial charge in [-0.1, -0.05) is 26.0 Å². The Morgan fingerprint density at radius 1 is 1.21 bits per heavy atom. The first-order valence-electron chi connectivity index (χ1n) is 7.13. The third-order valence-corrected chi connectivity index (χ3v) is 5.28. The smallest absolute Gasteiger partial charge is 0.0335 e. The van der Waals surface area contributed by atoms with Crippen molar-refractivity contribution >= 4 is 0 Å². The van der Waals surface area contributed by atoms with E-state index in [4.69, 9.17) is 4.98 Å². The molecule has 2 bridgehead atoms. The van der Waals surface area contributed by atoms with E-state index in [0.717, 1.165) is 29.5 Å². The van der Waals surface area contributed by atoms with Crippen LogP contribution in [-0.2, 0) is 6.42 Å². The molecule has 1 heteroatoms. The summed E-state index contributed by atoms with van der Waals surface area (Å²) in [4.78, 5) is 4.90. The first-order valence-corrected chi connectivity index (χ1v) is 7.13. The van der Waals surface area contributed by atoms with Crippen molar-refractivity contribution in [1.82, 2.24) is 4.98 Å². The Morgan fingerprint density at radius 2 is 2.11 bits per heavy atom. The van der Waals surface area contributed by atoms with Gasteiger partial charge < -0.3 is 4.98 Å². The quantitative estimate of drug-likeness (QED) is 0.688. The Labute approximate surface area is 114 Å². The SMILES string of the molecule is CC1(C)[C@H]2Cc3nc(-c4[c-]cccc4)ccc3[C@@H]1C2. The summed E-state index contributed by atoms with van der Waals surface area (Å²) < 4.78 is 0. The highest BCUT2D eigenvalue weighted by molar-refractivity contribution is 5.59. The lowest BCUT2D eigenvalue weighted by molar-refractivity contribution is 0.0170. The fourth-order valence-corrected chi connectivity index (χ4v) is 3.82. The van der Waals surface area contributed by atoms with E-state index < -0.39 is 0 Å². The normalized spacial score (nSPS) is 26.4. The van der Waals surface area contributed by atoms with E-state index in [1.165, 1.54) is 17.7 Å². The predicted octanol–water partition coefficient (Wildman–Crippen LogP) is 4.23. The Morgan fingerprint density at radius 3 is 2.84 bits per heavy atom. The van der Waals surface area contributed by atoms with Gasteiger partial charge in [0.1, 0.15) is 0 Å². The van der Waals surface area contributed by atoms with Crippen molar-refractivity contribution in [3.63, 3.8) is 0 Å². The van der Waals surface area contributed by atoms with Gasteiger partial charge in [-0.05, 0) is 41.3 Å². The minimum atomic E-state index is 0.481. The summed E-state index contributed by atoms with van der Waals surface area (Å²) in [5, 5.41) is 0. The maximum atomic E-state index is 4.90. The summed E-state index contributed by atoms with van der Waals surface area (Å²) in [7, 11) is 0. The van der Waals surface area contributed by atoms with Crippen molar-refractivity contribution < 1.29 is 0 Å². The molecule has 0 amide bonds. The Balaban J connectivity index is 1.78. The van der Waals surface area contributed by atoms with Gasteiger partial charge in [0.2, 0.25) is 0 Å². The van der Waals surface area contributed by atoms with Gasteiger partial charge in [-0.3, -0.25) is 0 Å². The van der Waals surface area contributed by atoms with Crippen LogP contribution in [0, 0.1) is 17.4 Å². The Hall–Kier alpha value is -1.63. The van der Waals surface area contributed by atoms with Gasteiger partial charge in [-0.2, -0.15) is 0 Å². The molecule has 1 heterocycles. The molecule has 0 unspecified atom stereocenters. The summed E-state index contributed by atoms with van der Waals surface area (Å²) in [6, 6.07) is 15.8. The van der Waals surface area contributed by atoms with E-state index >= 15 is 0 Å². The monoisotopic (exact) mass is 248 g/mol. The minimum Gasteiger partial charge on any atom is -0.301 e. The zero-order chi connectivity index (χ0) is 13.0. The minimum absolute atomic E-state index is 0.481. The third-order valence-electron chi connectivity index (χ3n) is 5.28. The average molecular weight is 248 g/mol. The summed E-state index contributed by atoms with van der Waals surface area (Å²) >= 11 is 0. The summed E-state index contributed by atoms with van der Waals surface area (Å²) in [6.07, 6.45) is 2.51. The fraction of sp³-hybridized carbons (Fsp3) is 0.389. The number of hydrogen-bond acceptors (Lipinski definition) is 1. The van der Waals surface area contributed by atoms with Crippen LogP contribution in [0.5, 0.6) is 0 Å². The number of nitrogens with zero attached hydrogens (tertiary/aromatic N) is 1. The molecular formula is C18H18N-. The van der Waals surface area contributed by atoms with E-state index in [1.54, 1.807) is 0 Å². The lowest BCUT2D eigenvalue weighted by Crippen LogP contribution is -2.48. The van der Waals surface area contributed by atoms with Gasteiger partial charge in [0.25, 0.3) is 0 Å². The maximum Gasteiger partial charge on any atom is 0.0335 e. The van der Waals surface area contributed by atoms with Gasteiger partial charge in [0.15, 0.2) is 0 Å².